The van der Waals surface area contributed by atoms with E-state index < -0.39 is 0 Å². The summed E-state index contributed by atoms with van der Waals surface area (Å²) in [6, 6.07) is 2.53. The minimum Gasteiger partial charge on any atom is -0.312 e. The molecule has 0 spiro atoms. The van der Waals surface area contributed by atoms with E-state index in [0.717, 1.165) is 30.0 Å². The monoisotopic (exact) mass is 250 g/mol. The van der Waals surface area contributed by atoms with Gasteiger partial charge in [0.1, 0.15) is 0 Å². The normalized spacial score (nSPS) is 46.7. The molecule has 2 nitrogen and oxygen atoms in total. The number of hydrogen-bond acceptors (Lipinski definition) is 2. The Hall–Kier alpha value is -0.0800. The van der Waals surface area contributed by atoms with Gasteiger partial charge < -0.3 is 5.32 Å². The third kappa shape index (κ3) is 2.34. The highest BCUT2D eigenvalue weighted by atomic mass is 15.2. The van der Waals surface area contributed by atoms with Crippen LogP contribution in [0.3, 0.4) is 0 Å². The summed E-state index contributed by atoms with van der Waals surface area (Å²) in [6.07, 6.45) is 10.0. The van der Waals surface area contributed by atoms with Gasteiger partial charge in [-0.2, -0.15) is 0 Å². The van der Waals surface area contributed by atoms with Crippen LogP contribution < -0.4 is 5.32 Å². The van der Waals surface area contributed by atoms with Gasteiger partial charge in [0.2, 0.25) is 0 Å². The summed E-state index contributed by atoms with van der Waals surface area (Å²) in [4.78, 5) is 2.91. The summed E-state index contributed by atoms with van der Waals surface area (Å²) in [7, 11) is 0. The van der Waals surface area contributed by atoms with E-state index in [1.165, 1.54) is 58.0 Å². The largest absolute Gasteiger partial charge is 0.312 e. The third-order valence-corrected chi connectivity index (χ3v) is 5.99. The van der Waals surface area contributed by atoms with Crippen molar-refractivity contribution in [2.24, 2.45) is 11.8 Å². The Morgan fingerprint density at radius 1 is 0.889 bits per heavy atom. The number of likely N-dealkylation sites (tertiary alicyclic amines) is 1. The van der Waals surface area contributed by atoms with E-state index in [-0.39, 0.29) is 0 Å². The summed E-state index contributed by atoms with van der Waals surface area (Å²) in [5, 5.41) is 3.75. The second-order valence-corrected chi connectivity index (χ2v) is 6.98. The van der Waals surface area contributed by atoms with Gasteiger partial charge >= 0.3 is 0 Å². The van der Waals surface area contributed by atoms with Crippen molar-refractivity contribution in [3.05, 3.63) is 0 Å². The Bertz CT molecular complexity index is 272. The average Bonchev–Trinajstić information content (AvgIpc) is 3.01. The molecule has 0 aromatic rings. The van der Waals surface area contributed by atoms with Crippen LogP contribution in [0, 0.1) is 11.8 Å². The van der Waals surface area contributed by atoms with Crippen LogP contribution in [0.4, 0.5) is 0 Å². The molecule has 1 N–H and O–H groups in total. The lowest BCUT2D eigenvalue weighted by Gasteiger charge is -2.44. The molecule has 18 heavy (non-hydrogen) atoms. The van der Waals surface area contributed by atoms with Crippen molar-refractivity contribution in [2.45, 2.75) is 76.9 Å². The molecule has 3 rings (SSSR count). The number of nitrogens with zero attached hydrogens (tertiary/aromatic N) is 1. The quantitative estimate of drug-likeness (QED) is 0.810. The maximum Gasteiger partial charge on any atom is 0.0252 e. The van der Waals surface area contributed by atoms with Crippen molar-refractivity contribution < 1.29 is 0 Å². The van der Waals surface area contributed by atoms with Crippen molar-refractivity contribution in [1.29, 1.82) is 0 Å². The van der Waals surface area contributed by atoms with E-state index in [1.807, 2.05) is 0 Å². The van der Waals surface area contributed by atoms with E-state index in [2.05, 4.69) is 24.1 Å². The highest BCUT2D eigenvalue weighted by Gasteiger charge is 2.40. The van der Waals surface area contributed by atoms with Crippen molar-refractivity contribution >= 4 is 0 Å². The molecule has 2 heterocycles. The lowest BCUT2D eigenvalue weighted by atomic mass is 9.77. The van der Waals surface area contributed by atoms with E-state index in [9.17, 15) is 0 Å². The summed E-state index contributed by atoms with van der Waals surface area (Å²) in [5.41, 5.74) is 0. The van der Waals surface area contributed by atoms with Gasteiger partial charge in [0.15, 0.2) is 0 Å². The molecular weight excluding hydrogens is 220 g/mol. The van der Waals surface area contributed by atoms with Crippen LogP contribution in [0.1, 0.15) is 58.8 Å². The molecule has 5 unspecified atom stereocenters. The van der Waals surface area contributed by atoms with Crippen molar-refractivity contribution in [3.63, 3.8) is 0 Å². The molecule has 1 aliphatic carbocycles. The van der Waals surface area contributed by atoms with E-state index in [4.69, 9.17) is 0 Å². The van der Waals surface area contributed by atoms with Gasteiger partial charge in [0.25, 0.3) is 0 Å². The Labute approximate surface area is 113 Å². The van der Waals surface area contributed by atoms with Gasteiger partial charge in [-0.15, -0.1) is 0 Å². The lowest BCUT2D eigenvalue weighted by molar-refractivity contribution is 0.0603. The van der Waals surface area contributed by atoms with Gasteiger partial charge in [-0.1, -0.05) is 26.7 Å². The first-order chi connectivity index (χ1) is 8.77. The van der Waals surface area contributed by atoms with Crippen LogP contribution in [-0.2, 0) is 0 Å². The molecule has 104 valence electrons. The van der Waals surface area contributed by atoms with E-state index in [1.54, 1.807) is 0 Å². The van der Waals surface area contributed by atoms with Crippen LogP contribution >= 0.6 is 0 Å². The second-order valence-electron chi connectivity index (χ2n) is 6.98. The van der Waals surface area contributed by atoms with Crippen LogP contribution in [0.5, 0.6) is 0 Å². The molecule has 2 saturated heterocycles. The summed E-state index contributed by atoms with van der Waals surface area (Å²) in [6.45, 7) is 7.60. The Morgan fingerprint density at radius 2 is 1.72 bits per heavy atom. The molecule has 0 radical (unpaired) electrons. The Morgan fingerprint density at radius 3 is 2.50 bits per heavy atom. The van der Waals surface area contributed by atoms with Gasteiger partial charge in [-0.3, -0.25) is 4.90 Å². The third-order valence-electron chi connectivity index (χ3n) is 5.99. The smallest absolute Gasteiger partial charge is 0.0252 e. The maximum absolute atomic E-state index is 3.75. The molecule has 0 aromatic heterocycles. The SMILES string of the molecule is CC1CCCC(N2CCCC2C2CCCN2)C1C. The molecule has 3 fully saturated rings. The molecule has 5 atom stereocenters. The van der Waals surface area contributed by atoms with Gasteiger partial charge in [-0.25, -0.2) is 0 Å². The second kappa shape index (κ2) is 5.50. The first-order valence-electron chi connectivity index (χ1n) is 8.26. The van der Waals surface area contributed by atoms with Crippen LogP contribution in [0.2, 0.25) is 0 Å². The predicted octanol–water partition coefficient (Wildman–Crippen LogP) is 3.03. The highest BCUT2D eigenvalue weighted by Crippen LogP contribution is 2.37. The van der Waals surface area contributed by atoms with Gasteiger partial charge in [-0.05, 0) is 57.0 Å². The topological polar surface area (TPSA) is 15.3 Å². The highest BCUT2D eigenvalue weighted by molar-refractivity contribution is 4.97. The first-order valence-corrected chi connectivity index (χ1v) is 8.26. The van der Waals surface area contributed by atoms with Crippen molar-refractivity contribution in [3.8, 4) is 0 Å². The number of rotatable bonds is 2. The fraction of sp³-hybridized carbons (Fsp3) is 1.00. The Balaban J connectivity index is 1.69. The number of hydrogen-bond donors (Lipinski definition) is 1. The average molecular weight is 250 g/mol. The zero-order chi connectivity index (χ0) is 12.5. The molecule has 0 bridgehead atoms. The van der Waals surface area contributed by atoms with Crippen LogP contribution in [0.15, 0.2) is 0 Å². The molecular formula is C16H30N2. The molecule has 2 aliphatic heterocycles. The zero-order valence-corrected chi connectivity index (χ0v) is 12.2. The Kier molecular flexibility index (Phi) is 3.95. The van der Waals surface area contributed by atoms with Crippen LogP contribution in [0.25, 0.3) is 0 Å². The molecule has 2 heteroatoms. The van der Waals surface area contributed by atoms with Crippen LogP contribution in [-0.4, -0.2) is 36.1 Å². The fourth-order valence-corrected chi connectivity index (χ4v) is 4.72. The minimum absolute atomic E-state index is 0.803. The lowest BCUT2D eigenvalue weighted by Crippen LogP contribution is -2.52. The summed E-state index contributed by atoms with van der Waals surface area (Å²) < 4.78 is 0. The first kappa shape index (κ1) is 12.9. The van der Waals surface area contributed by atoms with Gasteiger partial charge in [0.05, 0.1) is 0 Å². The fourth-order valence-electron chi connectivity index (χ4n) is 4.72. The summed E-state index contributed by atoms with van der Waals surface area (Å²) in [5.74, 6) is 1.84. The summed E-state index contributed by atoms with van der Waals surface area (Å²) >= 11 is 0. The van der Waals surface area contributed by atoms with E-state index >= 15 is 0 Å². The molecule has 1 saturated carbocycles. The standard InChI is InChI=1S/C16H30N2/c1-12-6-3-8-15(13(12)2)18-11-5-9-16(18)14-7-4-10-17-14/h12-17H,3-11H2,1-2H3. The molecule has 0 aromatic carbocycles. The molecule has 0 amide bonds. The van der Waals surface area contributed by atoms with Gasteiger partial charge in [0, 0.05) is 18.1 Å². The molecule has 3 aliphatic rings. The zero-order valence-electron chi connectivity index (χ0n) is 12.2. The van der Waals surface area contributed by atoms with E-state index in [0.29, 0.717) is 0 Å². The maximum atomic E-state index is 3.75. The van der Waals surface area contributed by atoms with Crippen molar-refractivity contribution in [1.82, 2.24) is 10.2 Å². The number of nitrogens with one attached hydrogen (secondary N) is 1. The van der Waals surface area contributed by atoms with Crippen molar-refractivity contribution in [2.75, 3.05) is 13.1 Å². The minimum atomic E-state index is 0.803. The predicted molar refractivity (Wildman–Crippen MR) is 76.7 cm³/mol.